The van der Waals surface area contributed by atoms with Crippen LogP contribution >= 0.6 is 0 Å². The van der Waals surface area contributed by atoms with Crippen molar-refractivity contribution in [2.75, 3.05) is 26.2 Å². The first-order valence-corrected chi connectivity index (χ1v) is 8.13. The van der Waals surface area contributed by atoms with Crippen LogP contribution in [0.2, 0.25) is 0 Å². The number of aryl methyl sites for hydroxylation is 1. The molecule has 1 aromatic carbocycles. The predicted molar refractivity (Wildman–Crippen MR) is 90.1 cm³/mol. The van der Waals surface area contributed by atoms with Crippen molar-refractivity contribution >= 4 is 17.8 Å². The van der Waals surface area contributed by atoms with E-state index >= 15 is 0 Å². The molecule has 1 aliphatic heterocycles. The van der Waals surface area contributed by atoms with Gasteiger partial charge in [0.15, 0.2) is 0 Å². The van der Waals surface area contributed by atoms with Crippen molar-refractivity contribution < 1.29 is 14.4 Å². The summed E-state index contributed by atoms with van der Waals surface area (Å²) in [6.45, 7) is 4.10. The molecule has 1 saturated heterocycles. The molecule has 130 valence electrons. The molecular formula is C17H24N4O3. The lowest BCUT2D eigenvalue weighted by Crippen LogP contribution is -2.56. The maximum Gasteiger partial charge on any atom is 0.318 e. The Labute approximate surface area is 141 Å². The molecule has 1 fully saturated rings. The average molecular weight is 332 g/mol. The van der Waals surface area contributed by atoms with E-state index in [0.717, 1.165) is 12.0 Å². The maximum absolute atomic E-state index is 12.3. The van der Waals surface area contributed by atoms with Crippen LogP contribution in [0.15, 0.2) is 30.3 Å². The van der Waals surface area contributed by atoms with Crippen molar-refractivity contribution in [2.24, 2.45) is 5.73 Å². The van der Waals surface area contributed by atoms with Crippen LogP contribution in [-0.4, -0.2) is 59.9 Å². The van der Waals surface area contributed by atoms with Gasteiger partial charge in [-0.2, -0.15) is 0 Å². The smallest absolute Gasteiger partial charge is 0.318 e. The fourth-order valence-electron chi connectivity index (χ4n) is 2.80. The van der Waals surface area contributed by atoms with E-state index in [9.17, 15) is 14.4 Å². The minimum atomic E-state index is -0.846. The molecule has 4 amide bonds. The maximum atomic E-state index is 12.3. The standard InChI is InChI=1S/C17H24N4O3/c1-13(16(23)19-17(18)24)20-9-11-21(12-10-20)15(22)8-7-14-5-3-2-4-6-14/h2-6,13H,7-12H2,1H3,(H3,18,19,23,24)/t13-/m0/s1. The number of rotatable bonds is 5. The fraction of sp³-hybridized carbons (Fsp3) is 0.471. The molecule has 2 rings (SSSR count). The second-order valence-corrected chi connectivity index (χ2v) is 5.93. The molecule has 1 aliphatic rings. The van der Waals surface area contributed by atoms with Gasteiger partial charge < -0.3 is 10.6 Å². The Balaban J connectivity index is 1.76. The minimum Gasteiger partial charge on any atom is -0.351 e. The van der Waals surface area contributed by atoms with E-state index in [1.54, 1.807) is 6.92 Å². The van der Waals surface area contributed by atoms with Crippen LogP contribution < -0.4 is 11.1 Å². The van der Waals surface area contributed by atoms with Crippen LogP contribution in [0.5, 0.6) is 0 Å². The van der Waals surface area contributed by atoms with E-state index in [0.29, 0.717) is 32.6 Å². The number of nitrogens with one attached hydrogen (secondary N) is 1. The van der Waals surface area contributed by atoms with Gasteiger partial charge in [0.05, 0.1) is 6.04 Å². The summed E-state index contributed by atoms with van der Waals surface area (Å²) in [5, 5.41) is 2.09. The van der Waals surface area contributed by atoms with Crippen LogP contribution in [0.25, 0.3) is 0 Å². The van der Waals surface area contributed by atoms with Crippen molar-refractivity contribution in [3.8, 4) is 0 Å². The molecule has 0 aliphatic carbocycles. The third-order valence-corrected chi connectivity index (χ3v) is 4.31. The summed E-state index contributed by atoms with van der Waals surface area (Å²) in [7, 11) is 0. The van der Waals surface area contributed by atoms with E-state index < -0.39 is 18.0 Å². The lowest BCUT2D eigenvalue weighted by atomic mass is 10.1. The first kappa shape index (κ1) is 17.9. The van der Waals surface area contributed by atoms with Crippen LogP contribution in [0.4, 0.5) is 4.79 Å². The molecule has 1 aromatic rings. The monoisotopic (exact) mass is 332 g/mol. The zero-order valence-corrected chi connectivity index (χ0v) is 13.9. The molecule has 1 atom stereocenters. The Hall–Kier alpha value is -2.41. The predicted octanol–water partition coefficient (Wildman–Crippen LogP) is 0.347. The Morgan fingerprint density at radius 2 is 1.75 bits per heavy atom. The highest BCUT2D eigenvalue weighted by Gasteiger charge is 2.27. The molecule has 0 spiro atoms. The number of carbonyl (C=O) groups is 3. The summed E-state index contributed by atoms with van der Waals surface area (Å²) < 4.78 is 0. The van der Waals surface area contributed by atoms with E-state index in [1.807, 2.05) is 40.1 Å². The number of hydrogen-bond donors (Lipinski definition) is 2. The van der Waals surface area contributed by atoms with Crippen molar-refractivity contribution in [3.05, 3.63) is 35.9 Å². The van der Waals surface area contributed by atoms with Gasteiger partial charge in [-0.05, 0) is 18.9 Å². The van der Waals surface area contributed by atoms with E-state index in [-0.39, 0.29) is 5.91 Å². The lowest BCUT2D eigenvalue weighted by molar-refractivity contribution is -0.134. The first-order chi connectivity index (χ1) is 11.5. The number of piperazine rings is 1. The van der Waals surface area contributed by atoms with Gasteiger partial charge in [-0.25, -0.2) is 4.79 Å². The van der Waals surface area contributed by atoms with Gasteiger partial charge in [0.25, 0.3) is 0 Å². The molecular weight excluding hydrogens is 308 g/mol. The zero-order valence-electron chi connectivity index (χ0n) is 13.9. The second-order valence-electron chi connectivity index (χ2n) is 5.93. The molecule has 0 aromatic heterocycles. The van der Waals surface area contributed by atoms with E-state index in [1.165, 1.54) is 0 Å². The van der Waals surface area contributed by atoms with E-state index in [4.69, 9.17) is 5.73 Å². The Morgan fingerprint density at radius 3 is 2.33 bits per heavy atom. The lowest BCUT2D eigenvalue weighted by Gasteiger charge is -2.37. The molecule has 3 N–H and O–H groups in total. The van der Waals surface area contributed by atoms with Crippen LogP contribution in [-0.2, 0) is 16.0 Å². The molecule has 0 saturated carbocycles. The number of primary amides is 1. The quantitative estimate of drug-likeness (QED) is 0.813. The van der Waals surface area contributed by atoms with Crippen LogP contribution in [0, 0.1) is 0 Å². The van der Waals surface area contributed by atoms with Gasteiger partial charge >= 0.3 is 6.03 Å². The van der Waals surface area contributed by atoms with Crippen molar-refractivity contribution in [2.45, 2.75) is 25.8 Å². The SMILES string of the molecule is C[C@@H](C(=O)NC(N)=O)N1CCN(C(=O)CCc2ccccc2)CC1. The summed E-state index contributed by atoms with van der Waals surface area (Å²) in [6, 6.07) is 8.64. The highest BCUT2D eigenvalue weighted by molar-refractivity contribution is 5.96. The Kier molecular flexibility index (Phi) is 6.31. The van der Waals surface area contributed by atoms with Gasteiger partial charge in [0.2, 0.25) is 11.8 Å². The number of amides is 4. The molecule has 0 unspecified atom stereocenters. The third kappa shape index (κ3) is 5.06. The number of hydrogen-bond acceptors (Lipinski definition) is 4. The number of carbonyl (C=O) groups excluding carboxylic acids is 3. The van der Waals surface area contributed by atoms with Crippen molar-refractivity contribution in [1.82, 2.24) is 15.1 Å². The fourth-order valence-corrected chi connectivity index (χ4v) is 2.80. The van der Waals surface area contributed by atoms with Gasteiger partial charge in [0.1, 0.15) is 0 Å². The number of urea groups is 1. The third-order valence-electron chi connectivity index (χ3n) is 4.31. The number of benzene rings is 1. The summed E-state index contributed by atoms with van der Waals surface area (Å²) in [5.74, 6) is -0.279. The molecule has 24 heavy (non-hydrogen) atoms. The highest BCUT2D eigenvalue weighted by Crippen LogP contribution is 2.10. The van der Waals surface area contributed by atoms with Gasteiger partial charge in [-0.15, -0.1) is 0 Å². The number of nitrogens with zero attached hydrogens (tertiary/aromatic N) is 2. The Morgan fingerprint density at radius 1 is 1.12 bits per heavy atom. The molecule has 7 heteroatoms. The normalized spacial score (nSPS) is 16.5. The number of imide groups is 1. The van der Waals surface area contributed by atoms with E-state index in [2.05, 4.69) is 5.32 Å². The molecule has 0 radical (unpaired) electrons. The van der Waals surface area contributed by atoms with Crippen molar-refractivity contribution in [3.63, 3.8) is 0 Å². The topological polar surface area (TPSA) is 95.7 Å². The van der Waals surface area contributed by atoms with Gasteiger partial charge in [-0.3, -0.25) is 19.8 Å². The summed E-state index contributed by atoms with van der Waals surface area (Å²) in [4.78, 5) is 38.6. The van der Waals surface area contributed by atoms with Crippen LogP contribution in [0.3, 0.4) is 0 Å². The van der Waals surface area contributed by atoms with Gasteiger partial charge in [-0.1, -0.05) is 30.3 Å². The Bertz CT molecular complexity index is 583. The largest absolute Gasteiger partial charge is 0.351 e. The minimum absolute atomic E-state index is 0.132. The molecule has 1 heterocycles. The van der Waals surface area contributed by atoms with Gasteiger partial charge in [0, 0.05) is 32.6 Å². The highest BCUT2D eigenvalue weighted by atomic mass is 16.2. The summed E-state index contributed by atoms with van der Waals surface area (Å²) in [5.41, 5.74) is 6.12. The first-order valence-electron chi connectivity index (χ1n) is 8.13. The average Bonchev–Trinajstić information content (AvgIpc) is 2.59. The summed E-state index contributed by atoms with van der Waals surface area (Å²) >= 11 is 0. The second kappa shape index (κ2) is 8.44. The number of nitrogens with two attached hydrogens (primary N) is 1. The molecule has 0 bridgehead atoms. The molecule has 7 nitrogen and oxygen atoms in total. The summed E-state index contributed by atoms with van der Waals surface area (Å²) in [6.07, 6.45) is 1.22. The van der Waals surface area contributed by atoms with Crippen LogP contribution in [0.1, 0.15) is 18.9 Å². The zero-order chi connectivity index (χ0) is 17.5. The van der Waals surface area contributed by atoms with Crippen molar-refractivity contribution in [1.29, 1.82) is 0 Å².